The molecule has 1 aromatic rings. The average Bonchev–Trinajstić information content (AvgIpc) is 2.39. The van der Waals surface area contributed by atoms with E-state index in [9.17, 15) is 9.59 Å². The maximum atomic E-state index is 12.0. The summed E-state index contributed by atoms with van der Waals surface area (Å²) in [5.41, 5.74) is 1.21. The molecule has 0 spiro atoms. The van der Waals surface area contributed by atoms with Crippen molar-refractivity contribution in [3.05, 3.63) is 29.8 Å². The predicted molar refractivity (Wildman–Crippen MR) is 77.2 cm³/mol. The van der Waals surface area contributed by atoms with Gasteiger partial charge < -0.3 is 10.6 Å². The van der Waals surface area contributed by atoms with Crippen LogP contribution in [0.2, 0.25) is 0 Å². The Bertz CT molecular complexity index is 440. The van der Waals surface area contributed by atoms with Crippen LogP contribution in [0.1, 0.15) is 44.0 Å². The van der Waals surface area contributed by atoms with Crippen LogP contribution in [0.15, 0.2) is 24.3 Å². The van der Waals surface area contributed by atoms with Gasteiger partial charge in [-0.3, -0.25) is 9.59 Å². The minimum atomic E-state index is -0.144. The van der Waals surface area contributed by atoms with Crippen LogP contribution in [0.4, 0.5) is 5.69 Å². The van der Waals surface area contributed by atoms with Crippen LogP contribution in [-0.2, 0) is 4.79 Å². The van der Waals surface area contributed by atoms with Gasteiger partial charge in [0.15, 0.2) is 0 Å². The predicted octanol–water partition coefficient (Wildman–Crippen LogP) is 2.81. The molecule has 4 nitrogen and oxygen atoms in total. The molecule has 104 valence electrons. The Hall–Kier alpha value is -1.84. The lowest BCUT2D eigenvalue weighted by Gasteiger charge is -2.13. The highest BCUT2D eigenvalue weighted by Crippen LogP contribution is 2.11. The quantitative estimate of drug-likeness (QED) is 0.828. The highest BCUT2D eigenvalue weighted by atomic mass is 16.2. The van der Waals surface area contributed by atoms with Gasteiger partial charge in [-0.15, -0.1) is 0 Å². The summed E-state index contributed by atoms with van der Waals surface area (Å²) in [6.07, 6.45) is 2.12. The fourth-order valence-electron chi connectivity index (χ4n) is 1.86. The van der Waals surface area contributed by atoms with Crippen LogP contribution in [0.25, 0.3) is 0 Å². The topological polar surface area (TPSA) is 58.2 Å². The first kappa shape index (κ1) is 15.2. The molecule has 0 aliphatic carbocycles. The summed E-state index contributed by atoms with van der Waals surface area (Å²) in [6.45, 7) is 6.38. The van der Waals surface area contributed by atoms with Crippen LogP contribution in [-0.4, -0.2) is 18.4 Å². The molecule has 0 unspecified atom stereocenters. The van der Waals surface area contributed by atoms with Gasteiger partial charge in [0, 0.05) is 24.7 Å². The molecule has 0 saturated heterocycles. The fourth-order valence-corrected chi connectivity index (χ4v) is 1.86. The van der Waals surface area contributed by atoms with Crippen molar-refractivity contribution < 1.29 is 9.59 Å². The molecule has 0 radical (unpaired) electrons. The molecule has 1 aromatic carbocycles. The molecular formula is C15H22N2O2. The van der Waals surface area contributed by atoms with Crippen molar-refractivity contribution in [3.63, 3.8) is 0 Å². The van der Waals surface area contributed by atoms with Crippen molar-refractivity contribution in [2.45, 2.75) is 33.6 Å². The van der Waals surface area contributed by atoms with Crippen LogP contribution in [0.3, 0.4) is 0 Å². The van der Waals surface area contributed by atoms with Crippen molar-refractivity contribution in [2.24, 2.45) is 5.92 Å². The third kappa shape index (κ3) is 5.12. The number of nitrogens with one attached hydrogen (secondary N) is 2. The highest BCUT2D eigenvalue weighted by molar-refractivity contribution is 5.96. The molecule has 0 bridgehead atoms. The summed E-state index contributed by atoms with van der Waals surface area (Å²) in [7, 11) is 0. The Balaban J connectivity index is 2.64. The lowest BCUT2D eigenvalue weighted by Crippen LogP contribution is -2.28. The van der Waals surface area contributed by atoms with Gasteiger partial charge in [0.05, 0.1) is 0 Å². The Labute approximate surface area is 114 Å². The van der Waals surface area contributed by atoms with E-state index in [2.05, 4.69) is 24.5 Å². The SMILES string of the molecule is CCC(CC)CNC(=O)c1cccc(NC(C)=O)c1. The molecule has 2 N–H and O–H groups in total. The summed E-state index contributed by atoms with van der Waals surface area (Å²) in [6, 6.07) is 6.95. The van der Waals surface area contributed by atoms with E-state index >= 15 is 0 Å². The maximum Gasteiger partial charge on any atom is 0.251 e. The zero-order valence-corrected chi connectivity index (χ0v) is 11.8. The first-order chi connectivity index (χ1) is 9.06. The molecule has 0 heterocycles. The average molecular weight is 262 g/mol. The molecule has 2 amide bonds. The number of amides is 2. The minimum absolute atomic E-state index is 0.0981. The van der Waals surface area contributed by atoms with Crippen molar-refractivity contribution in [1.29, 1.82) is 0 Å². The summed E-state index contributed by atoms with van der Waals surface area (Å²) < 4.78 is 0. The fraction of sp³-hybridized carbons (Fsp3) is 0.467. The standard InChI is InChI=1S/C15H22N2O2/c1-4-12(5-2)10-16-15(19)13-7-6-8-14(9-13)17-11(3)18/h6-9,12H,4-5,10H2,1-3H3,(H,16,19)(H,17,18). The van der Waals surface area contributed by atoms with Gasteiger partial charge in [0.1, 0.15) is 0 Å². The van der Waals surface area contributed by atoms with Gasteiger partial charge in [-0.25, -0.2) is 0 Å². The normalized spacial score (nSPS) is 10.3. The summed E-state index contributed by atoms with van der Waals surface area (Å²) in [4.78, 5) is 23.0. The van der Waals surface area contributed by atoms with Crippen LogP contribution in [0.5, 0.6) is 0 Å². The van der Waals surface area contributed by atoms with E-state index in [0.717, 1.165) is 12.8 Å². The van der Waals surface area contributed by atoms with Crippen LogP contribution in [0, 0.1) is 5.92 Å². The molecule has 19 heavy (non-hydrogen) atoms. The Morgan fingerprint density at radius 1 is 1.21 bits per heavy atom. The first-order valence-corrected chi connectivity index (χ1v) is 6.72. The Morgan fingerprint density at radius 2 is 1.89 bits per heavy atom. The van der Waals surface area contributed by atoms with E-state index in [1.807, 2.05) is 0 Å². The van der Waals surface area contributed by atoms with Gasteiger partial charge in [-0.2, -0.15) is 0 Å². The molecule has 0 atom stereocenters. The molecule has 1 rings (SSSR count). The number of hydrogen-bond donors (Lipinski definition) is 2. The van der Waals surface area contributed by atoms with Gasteiger partial charge in [0.25, 0.3) is 5.91 Å². The number of rotatable bonds is 6. The van der Waals surface area contributed by atoms with Crippen molar-refractivity contribution >= 4 is 17.5 Å². The molecule has 0 fully saturated rings. The van der Waals surface area contributed by atoms with Crippen molar-refractivity contribution in [3.8, 4) is 0 Å². The van der Waals surface area contributed by atoms with Gasteiger partial charge in [-0.1, -0.05) is 32.8 Å². The minimum Gasteiger partial charge on any atom is -0.352 e. The molecule has 0 aliphatic rings. The van der Waals surface area contributed by atoms with Gasteiger partial charge in [0.2, 0.25) is 5.91 Å². The maximum absolute atomic E-state index is 12.0. The van der Waals surface area contributed by atoms with Crippen LogP contribution < -0.4 is 10.6 Å². The van der Waals surface area contributed by atoms with Crippen molar-refractivity contribution in [2.75, 3.05) is 11.9 Å². The second-order valence-corrected chi connectivity index (χ2v) is 4.65. The van der Waals surface area contributed by atoms with Gasteiger partial charge >= 0.3 is 0 Å². The number of carbonyl (C=O) groups excluding carboxylic acids is 2. The lowest BCUT2D eigenvalue weighted by atomic mass is 10.0. The van der Waals surface area contributed by atoms with E-state index < -0.39 is 0 Å². The summed E-state index contributed by atoms with van der Waals surface area (Å²) >= 11 is 0. The second kappa shape index (κ2) is 7.56. The van der Waals surface area contributed by atoms with Crippen LogP contribution >= 0.6 is 0 Å². The zero-order chi connectivity index (χ0) is 14.3. The number of anilines is 1. The monoisotopic (exact) mass is 262 g/mol. The third-order valence-corrected chi connectivity index (χ3v) is 3.15. The van der Waals surface area contributed by atoms with Crippen molar-refractivity contribution in [1.82, 2.24) is 5.32 Å². The second-order valence-electron chi connectivity index (χ2n) is 4.65. The summed E-state index contributed by atoms with van der Waals surface area (Å²) in [5.74, 6) is 0.274. The first-order valence-electron chi connectivity index (χ1n) is 6.72. The zero-order valence-electron chi connectivity index (χ0n) is 11.8. The third-order valence-electron chi connectivity index (χ3n) is 3.15. The largest absolute Gasteiger partial charge is 0.352 e. The number of hydrogen-bond acceptors (Lipinski definition) is 2. The summed E-state index contributed by atoms with van der Waals surface area (Å²) in [5, 5.41) is 5.60. The van der Waals surface area contributed by atoms with E-state index in [4.69, 9.17) is 0 Å². The highest BCUT2D eigenvalue weighted by Gasteiger charge is 2.09. The van der Waals surface area contributed by atoms with E-state index in [1.165, 1.54) is 6.92 Å². The lowest BCUT2D eigenvalue weighted by molar-refractivity contribution is -0.114. The molecule has 4 heteroatoms. The Kier molecular flexibility index (Phi) is 6.06. The smallest absolute Gasteiger partial charge is 0.251 e. The number of carbonyl (C=O) groups is 2. The van der Waals surface area contributed by atoms with E-state index in [-0.39, 0.29) is 11.8 Å². The molecular weight excluding hydrogens is 240 g/mol. The molecule has 0 saturated carbocycles. The molecule has 0 aliphatic heterocycles. The number of benzene rings is 1. The molecule has 0 aromatic heterocycles. The Morgan fingerprint density at radius 3 is 2.47 bits per heavy atom. The van der Waals surface area contributed by atoms with E-state index in [1.54, 1.807) is 24.3 Å². The van der Waals surface area contributed by atoms with E-state index in [0.29, 0.717) is 23.7 Å². The van der Waals surface area contributed by atoms with Gasteiger partial charge in [-0.05, 0) is 24.1 Å².